The third kappa shape index (κ3) is 3.37. The SMILES string of the molecule is O=C(Cc1ccc(Cl)cc1Cl)N[C@@H]1CCOc2ccccc21. The fourth-order valence-electron chi connectivity index (χ4n) is 2.58. The second kappa shape index (κ2) is 6.59. The van der Waals surface area contributed by atoms with Crippen LogP contribution in [0.5, 0.6) is 5.75 Å². The van der Waals surface area contributed by atoms with E-state index in [2.05, 4.69) is 5.32 Å². The Balaban J connectivity index is 1.70. The van der Waals surface area contributed by atoms with E-state index >= 15 is 0 Å². The summed E-state index contributed by atoms with van der Waals surface area (Å²) in [5.74, 6) is 0.773. The zero-order valence-electron chi connectivity index (χ0n) is 11.8. The highest BCUT2D eigenvalue weighted by Gasteiger charge is 2.22. The molecule has 3 nitrogen and oxygen atoms in total. The molecular weight excluding hydrogens is 321 g/mol. The number of amides is 1. The van der Waals surface area contributed by atoms with Crippen molar-refractivity contribution < 1.29 is 9.53 Å². The lowest BCUT2D eigenvalue weighted by atomic mass is 10.00. The Hall–Kier alpha value is -1.71. The minimum Gasteiger partial charge on any atom is -0.493 e. The molecular formula is C17H15Cl2NO2. The average molecular weight is 336 g/mol. The maximum absolute atomic E-state index is 12.3. The number of carbonyl (C=O) groups excluding carboxylic acids is 1. The lowest BCUT2D eigenvalue weighted by Gasteiger charge is -2.26. The standard InChI is InChI=1S/C17H15Cl2NO2/c18-12-6-5-11(14(19)10-12)9-17(21)20-15-7-8-22-16-4-2-1-3-13(15)16/h1-6,10,15H,7-9H2,(H,20,21)/t15-/m1/s1. The van der Waals surface area contributed by atoms with Crippen LogP contribution in [-0.4, -0.2) is 12.5 Å². The van der Waals surface area contributed by atoms with Crippen molar-refractivity contribution in [3.8, 4) is 5.75 Å². The number of halogens is 2. The van der Waals surface area contributed by atoms with E-state index in [0.29, 0.717) is 16.7 Å². The number of benzene rings is 2. The summed E-state index contributed by atoms with van der Waals surface area (Å²) in [6, 6.07) is 12.9. The second-order valence-corrected chi connectivity index (χ2v) is 6.05. The minimum absolute atomic E-state index is 0.0245. The molecule has 0 aliphatic carbocycles. The maximum atomic E-state index is 12.3. The molecule has 0 aromatic heterocycles. The molecule has 0 saturated carbocycles. The molecule has 1 N–H and O–H groups in total. The molecule has 0 fully saturated rings. The fraction of sp³-hybridized carbons (Fsp3) is 0.235. The summed E-state index contributed by atoms with van der Waals surface area (Å²) in [6.07, 6.45) is 0.993. The van der Waals surface area contributed by atoms with Gasteiger partial charge in [0.25, 0.3) is 0 Å². The Morgan fingerprint density at radius 1 is 1.23 bits per heavy atom. The number of para-hydroxylation sites is 1. The van der Waals surface area contributed by atoms with Gasteiger partial charge in [-0.15, -0.1) is 0 Å². The number of carbonyl (C=O) groups is 1. The van der Waals surface area contributed by atoms with Gasteiger partial charge in [-0.1, -0.05) is 47.5 Å². The predicted octanol–water partition coefficient (Wildman–Crippen LogP) is 4.18. The molecule has 2 aromatic carbocycles. The van der Waals surface area contributed by atoms with Gasteiger partial charge in [0, 0.05) is 22.0 Å². The molecule has 1 heterocycles. The van der Waals surface area contributed by atoms with Crippen LogP contribution in [0.3, 0.4) is 0 Å². The van der Waals surface area contributed by atoms with Gasteiger partial charge < -0.3 is 10.1 Å². The number of hydrogen-bond acceptors (Lipinski definition) is 2. The van der Waals surface area contributed by atoms with E-state index in [1.165, 1.54) is 0 Å². The first-order chi connectivity index (χ1) is 10.6. The van der Waals surface area contributed by atoms with Crippen LogP contribution in [0.4, 0.5) is 0 Å². The van der Waals surface area contributed by atoms with Crippen molar-refractivity contribution in [3.63, 3.8) is 0 Å². The predicted molar refractivity (Wildman–Crippen MR) is 87.6 cm³/mol. The van der Waals surface area contributed by atoms with Crippen LogP contribution in [0.15, 0.2) is 42.5 Å². The molecule has 0 bridgehead atoms. The zero-order valence-corrected chi connectivity index (χ0v) is 13.3. The molecule has 0 spiro atoms. The van der Waals surface area contributed by atoms with Crippen molar-refractivity contribution in [2.45, 2.75) is 18.9 Å². The van der Waals surface area contributed by atoms with Crippen LogP contribution < -0.4 is 10.1 Å². The molecule has 1 aliphatic rings. The second-order valence-electron chi connectivity index (χ2n) is 5.21. The number of fused-ring (bicyclic) bond motifs is 1. The van der Waals surface area contributed by atoms with Gasteiger partial charge in [0.05, 0.1) is 19.1 Å². The van der Waals surface area contributed by atoms with Gasteiger partial charge in [0.1, 0.15) is 5.75 Å². The van der Waals surface area contributed by atoms with E-state index in [-0.39, 0.29) is 18.4 Å². The normalized spacial score (nSPS) is 16.5. The highest BCUT2D eigenvalue weighted by molar-refractivity contribution is 6.35. The van der Waals surface area contributed by atoms with Gasteiger partial charge in [-0.3, -0.25) is 4.79 Å². The summed E-state index contributed by atoms with van der Waals surface area (Å²) >= 11 is 12.0. The van der Waals surface area contributed by atoms with Crippen molar-refractivity contribution in [1.29, 1.82) is 0 Å². The lowest BCUT2D eigenvalue weighted by molar-refractivity contribution is -0.121. The third-order valence-corrected chi connectivity index (χ3v) is 4.25. The quantitative estimate of drug-likeness (QED) is 0.913. The molecule has 2 aromatic rings. The van der Waals surface area contributed by atoms with Crippen molar-refractivity contribution in [2.24, 2.45) is 0 Å². The van der Waals surface area contributed by atoms with Gasteiger partial charge in [-0.05, 0) is 23.8 Å². The Morgan fingerprint density at radius 3 is 2.86 bits per heavy atom. The lowest BCUT2D eigenvalue weighted by Crippen LogP contribution is -2.33. The van der Waals surface area contributed by atoms with Crippen LogP contribution >= 0.6 is 23.2 Å². The van der Waals surface area contributed by atoms with E-state index < -0.39 is 0 Å². The molecule has 0 saturated heterocycles. The van der Waals surface area contributed by atoms with E-state index in [0.717, 1.165) is 23.3 Å². The van der Waals surface area contributed by atoms with Crippen molar-refractivity contribution in [1.82, 2.24) is 5.32 Å². The highest BCUT2D eigenvalue weighted by Crippen LogP contribution is 2.31. The molecule has 3 rings (SSSR count). The van der Waals surface area contributed by atoms with Crippen LogP contribution in [0.2, 0.25) is 10.0 Å². The molecule has 1 atom stereocenters. The summed E-state index contributed by atoms with van der Waals surface area (Å²) in [4.78, 5) is 12.3. The summed E-state index contributed by atoms with van der Waals surface area (Å²) in [5.41, 5.74) is 1.79. The summed E-state index contributed by atoms with van der Waals surface area (Å²) < 4.78 is 5.60. The number of rotatable bonds is 3. The molecule has 22 heavy (non-hydrogen) atoms. The van der Waals surface area contributed by atoms with Gasteiger partial charge in [-0.2, -0.15) is 0 Å². The largest absolute Gasteiger partial charge is 0.493 e. The summed E-state index contributed by atoms with van der Waals surface area (Å²) in [7, 11) is 0. The number of hydrogen-bond donors (Lipinski definition) is 1. The van der Waals surface area contributed by atoms with E-state index in [1.807, 2.05) is 24.3 Å². The third-order valence-electron chi connectivity index (χ3n) is 3.66. The van der Waals surface area contributed by atoms with Gasteiger partial charge in [0.15, 0.2) is 0 Å². The number of ether oxygens (including phenoxy) is 1. The monoisotopic (exact) mass is 335 g/mol. The van der Waals surface area contributed by atoms with Crippen molar-refractivity contribution in [2.75, 3.05) is 6.61 Å². The Morgan fingerprint density at radius 2 is 2.05 bits per heavy atom. The molecule has 5 heteroatoms. The van der Waals surface area contributed by atoms with E-state index in [1.54, 1.807) is 18.2 Å². The van der Waals surface area contributed by atoms with Crippen molar-refractivity contribution >= 4 is 29.1 Å². The first-order valence-electron chi connectivity index (χ1n) is 7.08. The van der Waals surface area contributed by atoms with Crippen molar-refractivity contribution in [3.05, 3.63) is 63.6 Å². The topological polar surface area (TPSA) is 38.3 Å². The van der Waals surface area contributed by atoms with Gasteiger partial charge in [-0.25, -0.2) is 0 Å². The smallest absolute Gasteiger partial charge is 0.224 e. The van der Waals surface area contributed by atoms with Crippen LogP contribution in [0.25, 0.3) is 0 Å². The van der Waals surface area contributed by atoms with E-state index in [4.69, 9.17) is 27.9 Å². The van der Waals surface area contributed by atoms with Crippen LogP contribution in [0, 0.1) is 0 Å². The highest BCUT2D eigenvalue weighted by atomic mass is 35.5. The van der Waals surface area contributed by atoms with Gasteiger partial charge >= 0.3 is 0 Å². The van der Waals surface area contributed by atoms with Crippen LogP contribution in [0.1, 0.15) is 23.6 Å². The first-order valence-corrected chi connectivity index (χ1v) is 7.84. The molecule has 114 valence electrons. The van der Waals surface area contributed by atoms with Gasteiger partial charge in [0.2, 0.25) is 5.91 Å². The summed E-state index contributed by atoms with van der Waals surface area (Å²) in [6.45, 7) is 0.601. The molecule has 1 amide bonds. The molecule has 1 aliphatic heterocycles. The Kier molecular flexibility index (Phi) is 4.55. The zero-order chi connectivity index (χ0) is 15.5. The Bertz CT molecular complexity index is 703. The maximum Gasteiger partial charge on any atom is 0.224 e. The van der Waals surface area contributed by atoms with Crippen LogP contribution in [-0.2, 0) is 11.2 Å². The molecule has 0 unspecified atom stereocenters. The minimum atomic E-state index is -0.0640. The Labute approximate surface area is 139 Å². The fourth-order valence-corrected chi connectivity index (χ4v) is 3.05. The van der Waals surface area contributed by atoms with E-state index in [9.17, 15) is 4.79 Å². The number of nitrogens with one attached hydrogen (secondary N) is 1. The first kappa shape index (κ1) is 15.2. The average Bonchev–Trinajstić information content (AvgIpc) is 2.50. The molecule has 0 radical (unpaired) electrons. The summed E-state index contributed by atoms with van der Waals surface area (Å²) in [5, 5.41) is 4.13.